The highest BCUT2D eigenvalue weighted by Gasteiger charge is 2.21. The fourth-order valence-corrected chi connectivity index (χ4v) is 4.20. The number of thiophene rings is 1. The minimum absolute atomic E-state index is 0.330. The molecule has 0 fully saturated rings. The fourth-order valence-electron chi connectivity index (χ4n) is 2.95. The monoisotopic (exact) mass is 397 g/mol. The summed E-state index contributed by atoms with van der Waals surface area (Å²) < 4.78 is 7.85. The Balaban J connectivity index is 1.73. The second kappa shape index (κ2) is 7.06. The van der Waals surface area contributed by atoms with Crippen LogP contribution in [0, 0.1) is 0 Å². The zero-order valence-corrected chi connectivity index (χ0v) is 16.0. The highest BCUT2D eigenvalue weighted by molar-refractivity contribution is 7.17. The van der Waals surface area contributed by atoms with Crippen molar-refractivity contribution in [2.24, 2.45) is 5.73 Å². The number of rotatable bonds is 5. The maximum absolute atomic E-state index is 12.0. The molecule has 0 aliphatic carbocycles. The Morgan fingerprint density at radius 2 is 2.04 bits per heavy atom. The molecule has 1 amide bonds. The predicted molar refractivity (Wildman–Crippen MR) is 108 cm³/mol. The SMILES string of the molecule is CC(Oc1cc(-c2cnn3ccccc23)sc1C(N)=O)c1ccccc1Cl. The first-order chi connectivity index (χ1) is 13.0. The molecule has 0 saturated carbocycles. The first kappa shape index (κ1) is 17.6. The van der Waals surface area contributed by atoms with E-state index in [0.29, 0.717) is 15.6 Å². The van der Waals surface area contributed by atoms with E-state index in [1.165, 1.54) is 11.3 Å². The molecule has 4 aromatic rings. The molecule has 0 bridgehead atoms. The number of hydrogen-bond acceptors (Lipinski definition) is 4. The maximum Gasteiger partial charge on any atom is 0.262 e. The van der Waals surface area contributed by atoms with E-state index in [0.717, 1.165) is 21.5 Å². The Bertz CT molecular complexity index is 1140. The van der Waals surface area contributed by atoms with Gasteiger partial charge < -0.3 is 10.5 Å². The molecular formula is C20H16ClN3O2S. The molecule has 4 rings (SSSR count). The summed E-state index contributed by atoms with van der Waals surface area (Å²) in [4.78, 5) is 13.2. The Hall–Kier alpha value is -2.83. The normalized spacial score (nSPS) is 12.2. The third kappa shape index (κ3) is 3.29. The topological polar surface area (TPSA) is 69.6 Å². The number of aromatic nitrogens is 2. The van der Waals surface area contributed by atoms with Crippen LogP contribution in [0.1, 0.15) is 28.3 Å². The lowest BCUT2D eigenvalue weighted by molar-refractivity contribution is 0.0998. The van der Waals surface area contributed by atoms with Crippen LogP contribution >= 0.6 is 22.9 Å². The van der Waals surface area contributed by atoms with E-state index in [1.54, 1.807) is 10.7 Å². The predicted octanol–water partition coefficient (Wildman–Crippen LogP) is 4.96. The number of amides is 1. The van der Waals surface area contributed by atoms with E-state index in [9.17, 15) is 4.79 Å². The smallest absolute Gasteiger partial charge is 0.262 e. The largest absolute Gasteiger partial charge is 0.484 e. The quantitative estimate of drug-likeness (QED) is 0.517. The van der Waals surface area contributed by atoms with Gasteiger partial charge in [-0.15, -0.1) is 11.3 Å². The number of nitrogens with two attached hydrogens (primary N) is 1. The number of hydrogen-bond donors (Lipinski definition) is 1. The van der Waals surface area contributed by atoms with Crippen LogP contribution in [0.25, 0.3) is 16.0 Å². The van der Waals surface area contributed by atoms with Gasteiger partial charge in [-0.1, -0.05) is 35.9 Å². The minimum atomic E-state index is -0.524. The molecule has 2 N–H and O–H groups in total. The van der Waals surface area contributed by atoms with Crippen LogP contribution in [0.5, 0.6) is 5.75 Å². The van der Waals surface area contributed by atoms with Crippen molar-refractivity contribution < 1.29 is 9.53 Å². The molecule has 1 aromatic carbocycles. The molecule has 1 atom stereocenters. The van der Waals surface area contributed by atoms with Crippen LogP contribution in [-0.2, 0) is 0 Å². The van der Waals surface area contributed by atoms with Gasteiger partial charge in [-0.3, -0.25) is 4.79 Å². The van der Waals surface area contributed by atoms with Gasteiger partial charge in [-0.25, -0.2) is 4.52 Å². The van der Waals surface area contributed by atoms with E-state index >= 15 is 0 Å². The Morgan fingerprint density at radius 1 is 1.26 bits per heavy atom. The van der Waals surface area contributed by atoms with Gasteiger partial charge in [0, 0.05) is 27.2 Å². The second-order valence-corrected chi connectivity index (χ2v) is 7.50. The number of halogens is 1. The summed E-state index contributed by atoms with van der Waals surface area (Å²) in [5.41, 5.74) is 8.29. The Labute approximate surface area is 165 Å². The van der Waals surface area contributed by atoms with Crippen molar-refractivity contribution in [1.82, 2.24) is 9.61 Å². The third-order valence-corrected chi connectivity index (χ3v) is 5.77. The van der Waals surface area contributed by atoms with Crippen LogP contribution in [-0.4, -0.2) is 15.5 Å². The summed E-state index contributed by atoms with van der Waals surface area (Å²) in [7, 11) is 0. The van der Waals surface area contributed by atoms with Crippen LogP contribution in [0.3, 0.4) is 0 Å². The zero-order chi connectivity index (χ0) is 19.0. The lowest BCUT2D eigenvalue weighted by Gasteiger charge is -2.16. The molecule has 0 radical (unpaired) electrons. The molecule has 0 aliphatic rings. The van der Waals surface area contributed by atoms with Crippen molar-refractivity contribution in [2.45, 2.75) is 13.0 Å². The molecule has 7 heteroatoms. The van der Waals surface area contributed by atoms with E-state index < -0.39 is 5.91 Å². The van der Waals surface area contributed by atoms with E-state index in [1.807, 2.05) is 61.7 Å². The lowest BCUT2D eigenvalue weighted by atomic mass is 10.1. The lowest BCUT2D eigenvalue weighted by Crippen LogP contribution is -2.12. The van der Waals surface area contributed by atoms with Gasteiger partial charge in [0.25, 0.3) is 5.91 Å². The van der Waals surface area contributed by atoms with Crippen LogP contribution < -0.4 is 10.5 Å². The molecule has 0 saturated heterocycles. The number of benzene rings is 1. The Morgan fingerprint density at radius 3 is 2.81 bits per heavy atom. The number of fused-ring (bicyclic) bond motifs is 1. The number of carbonyl (C=O) groups is 1. The average Bonchev–Trinajstić information content (AvgIpc) is 3.26. The third-order valence-electron chi connectivity index (χ3n) is 4.26. The van der Waals surface area contributed by atoms with Crippen molar-refractivity contribution in [3.63, 3.8) is 0 Å². The van der Waals surface area contributed by atoms with Crippen LogP contribution in [0.15, 0.2) is 60.9 Å². The summed E-state index contributed by atoms with van der Waals surface area (Å²) >= 11 is 7.56. The van der Waals surface area contributed by atoms with Crippen molar-refractivity contribution >= 4 is 34.4 Å². The van der Waals surface area contributed by atoms with Crippen molar-refractivity contribution in [1.29, 1.82) is 0 Å². The summed E-state index contributed by atoms with van der Waals surface area (Å²) in [6.45, 7) is 1.89. The summed E-state index contributed by atoms with van der Waals surface area (Å²) in [6, 6.07) is 15.1. The maximum atomic E-state index is 12.0. The molecule has 0 spiro atoms. The summed E-state index contributed by atoms with van der Waals surface area (Å²) in [5.74, 6) is -0.0747. The van der Waals surface area contributed by atoms with E-state index in [4.69, 9.17) is 22.1 Å². The fraction of sp³-hybridized carbons (Fsp3) is 0.100. The first-order valence-electron chi connectivity index (χ1n) is 8.32. The number of ether oxygens (including phenoxy) is 1. The standard InChI is InChI=1S/C20H16ClN3O2S/c1-12(13-6-2-3-7-15(13)21)26-17-10-18(27-19(17)20(22)25)14-11-23-24-9-5-4-8-16(14)24/h2-12H,1H3,(H2,22,25). The van der Waals surface area contributed by atoms with E-state index in [-0.39, 0.29) is 6.10 Å². The minimum Gasteiger partial charge on any atom is -0.484 e. The molecule has 1 unspecified atom stereocenters. The molecular weight excluding hydrogens is 382 g/mol. The van der Waals surface area contributed by atoms with Crippen molar-refractivity contribution in [3.05, 3.63) is 76.4 Å². The molecule has 0 aliphatic heterocycles. The average molecular weight is 398 g/mol. The zero-order valence-electron chi connectivity index (χ0n) is 14.4. The molecule has 3 heterocycles. The van der Waals surface area contributed by atoms with Crippen molar-refractivity contribution in [2.75, 3.05) is 0 Å². The van der Waals surface area contributed by atoms with Gasteiger partial charge in [0.15, 0.2) is 0 Å². The van der Waals surface area contributed by atoms with Gasteiger partial charge in [-0.05, 0) is 31.2 Å². The number of nitrogens with zero attached hydrogens (tertiary/aromatic N) is 2. The van der Waals surface area contributed by atoms with Crippen LogP contribution in [0.4, 0.5) is 0 Å². The van der Waals surface area contributed by atoms with Gasteiger partial charge in [0.2, 0.25) is 0 Å². The highest BCUT2D eigenvalue weighted by atomic mass is 35.5. The van der Waals surface area contributed by atoms with Gasteiger partial charge >= 0.3 is 0 Å². The van der Waals surface area contributed by atoms with Gasteiger partial charge in [-0.2, -0.15) is 5.10 Å². The Kier molecular flexibility index (Phi) is 4.59. The second-order valence-electron chi connectivity index (χ2n) is 6.04. The first-order valence-corrected chi connectivity index (χ1v) is 9.51. The number of primary amides is 1. The number of carbonyl (C=O) groups excluding carboxylic acids is 1. The van der Waals surface area contributed by atoms with Gasteiger partial charge in [0.1, 0.15) is 16.7 Å². The molecule has 27 heavy (non-hydrogen) atoms. The molecule has 136 valence electrons. The van der Waals surface area contributed by atoms with Gasteiger partial charge in [0.05, 0.1) is 11.7 Å². The van der Waals surface area contributed by atoms with E-state index in [2.05, 4.69) is 5.10 Å². The van der Waals surface area contributed by atoms with Crippen LogP contribution in [0.2, 0.25) is 5.02 Å². The highest BCUT2D eigenvalue weighted by Crippen LogP contribution is 2.40. The summed E-state index contributed by atoms with van der Waals surface area (Å²) in [6.07, 6.45) is 3.31. The number of pyridine rings is 1. The molecule has 3 aromatic heterocycles. The van der Waals surface area contributed by atoms with Crippen molar-refractivity contribution in [3.8, 4) is 16.2 Å². The summed E-state index contributed by atoms with van der Waals surface area (Å²) in [5, 5.41) is 4.96. The molecule has 5 nitrogen and oxygen atoms in total.